The van der Waals surface area contributed by atoms with E-state index in [-0.39, 0.29) is 35.5 Å². The van der Waals surface area contributed by atoms with Crippen LogP contribution in [0.15, 0.2) is 102 Å². The molecule has 5 rings (SSSR count). The van der Waals surface area contributed by atoms with E-state index in [0.29, 0.717) is 15.6 Å². The number of sulfonamides is 1. The summed E-state index contributed by atoms with van der Waals surface area (Å²) < 4.78 is 43.2. The van der Waals surface area contributed by atoms with Gasteiger partial charge in [-0.25, -0.2) is 12.8 Å². The Morgan fingerprint density at radius 3 is 2.21 bits per heavy atom. The monoisotopic (exact) mass is 709 g/mol. The average molecular weight is 711 g/mol. The molecule has 0 heterocycles. The van der Waals surface area contributed by atoms with Gasteiger partial charge in [-0.15, -0.1) is 0 Å². The third kappa shape index (κ3) is 8.95. The summed E-state index contributed by atoms with van der Waals surface area (Å²) in [6.07, 6.45) is 4.97. The number of anilines is 1. The van der Waals surface area contributed by atoms with Gasteiger partial charge in [0.05, 0.1) is 10.6 Å². The van der Waals surface area contributed by atoms with E-state index in [9.17, 15) is 22.4 Å². The molecule has 1 aliphatic rings. The molecule has 0 radical (unpaired) electrons. The fraction of sp³-hybridized carbons (Fsp3) is 0.297. The fourth-order valence-corrected chi connectivity index (χ4v) is 7.79. The second kappa shape index (κ2) is 16.0. The zero-order chi connectivity index (χ0) is 34.3. The maximum absolute atomic E-state index is 14.6. The quantitative estimate of drug-likeness (QED) is 0.163. The van der Waals surface area contributed by atoms with Crippen molar-refractivity contribution in [1.29, 1.82) is 0 Å². The van der Waals surface area contributed by atoms with E-state index in [1.54, 1.807) is 30.3 Å². The second-order valence-corrected chi connectivity index (χ2v) is 14.8. The van der Waals surface area contributed by atoms with Crippen LogP contribution in [-0.4, -0.2) is 43.8 Å². The van der Waals surface area contributed by atoms with Crippen LogP contribution in [0.5, 0.6) is 0 Å². The molecule has 1 fully saturated rings. The number of halogens is 3. The Kier molecular flexibility index (Phi) is 11.8. The van der Waals surface area contributed by atoms with Crippen molar-refractivity contribution < 1.29 is 22.4 Å². The van der Waals surface area contributed by atoms with Gasteiger partial charge in [0.2, 0.25) is 11.8 Å². The van der Waals surface area contributed by atoms with E-state index in [0.717, 1.165) is 59.7 Å². The Bertz CT molecular complexity index is 1820. The summed E-state index contributed by atoms with van der Waals surface area (Å²) >= 11 is 12.8. The van der Waals surface area contributed by atoms with Crippen LogP contribution in [0.3, 0.4) is 0 Å². The van der Waals surface area contributed by atoms with Crippen molar-refractivity contribution in [3.05, 3.63) is 130 Å². The van der Waals surface area contributed by atoms with Crippen LogP contribution in [0.4, 0.5) is 10.1 Å². The molecule has 0 bridgehead atoms. The molecule has 0 spiro atoms. The molecule has 1 aliphatic carbocycles. The van der Waals surface area contributed by atoms with Crippen LogP contribution in [0.2, 0.25) is 10.0 Å². The number of nitrogens with zero attached hydrogens (tertiary/aromatic N) is 2. The minimum absolute atomic E-state index is 0.0294. The van der Waals surface area contributed by atoms with Gasteiger partial charge in [-0.1, -0.05) is 96.6 Å². The Hall–Kier alpha value is -3.92. The van der Waals surface area contributed by atoms with Crippen molar-refractivity contribution in [2.24, 2.45) is 0 Å². The van der Waals surface area contributed by atoms with E-state index in [1.807, 2.05) is 37.3 Å². The van der Waals surface area contributed by atoms with Crippen molar-refractivity contribution >= 4 is 50.7 Å². The molecule has 2 amide bonds. The molecule has 1 N–H and O–H groups in total. The lowest BCUT2D eigenvalue weighted by atomic mass is 9.94. The lowest BCUT2D eigenvalue weighted by Gasteiger charge is -2.35. The van der Waals surface area contributed by atoms with E-state index in [1.165, 1.54) is 29.2 Å². The number of hydrogen-bond acceptors (Lipinski definition) is 4. The largest absolute Gasteiger partial charge is 0.352 e. The third-order valence-corrected chi connectivity index (χ3v) is 11.0. The summed E-state index contributed by atoms with van der Waals surface area (Å²) in [6, 6.07) is 24.4. The minimum atomic E-state index is -4.31. The highest BCUT2D eigenvalue weighted by Crippen LogP contribution is 2.28. The number of benzene rings is 4. The van der Waals surface area contributed by atoms with Gasteiger partial charge in [0.1, 0.15) is 18.4 Å². The van der Waals surface area contributed by atoms with E-state index < -0.39 is 34.3 Å². The van der Waals surface area contributed by atoms with Crippen LogP contribution < -0.4 is 9.62 Å². The first-order valence-electron chi connectivity index (χ1n) is 15.9. The maximum Gasteiger partial charge on any atom is 0.264 e. The first kappa shape index (κ1) is 35.4. The summed E-state index contributed by atoms with van der Waals surface area (Å²) in [6.45, 7) is 1.09. The molecule has 0 saturated heterocycles. The topological polar surface area (TPSA) is 86.8 Å². The molecule has 252 valence electrons. The van der Waals surface area contributed by atoms with Gasteiger partial charge in [-0.2, -0.15) is 0 Å². The number of rotatable bonds is 12. The fourth-order valence-electron chi connectivity index (χ4n) is 5.91. The summed E-state index contributed by atoms with van der Waals surface area (Å²) in [5, 5.41) is 3.88. The molecule has 0 aromatic heterocycles. The van der Waals surface area contributed by atoms with Gasteiger partial charge in [-0.05, 0) is 79.4 Å². The molecular formula is C37H38Cl2FN3O4S. The average Bonchev–Trinajstić information content (AvgIpc) is 3.07. The first-order chi connectivity index (χ1) is 23.0. The lowest BCUT2D eigenvalue weighted by molar-refractivity contribution is -0.140. The van der Waals surface area contributed by atoms with Crippen molar-refractivity contribution in [2.75, 3.05) is 10.8 Å². The Morgan fingerprint density at radius 1 is 0.896 bits per heavy atom. The highest BCUT2D eigenvalue weighted by atomic mass is 35.5. The minimum Gasteiger partial charge on any atom is -0.352 e. The van der Waals surface area contributed by atoms with Crippen molar-refractivity contribution in [3.63, 3.8) is 0 Å². The van der Waals surface area contributed by atoms with E-state index >= 15 is 0 Å². The van der Waals surface area contributed by atoms with Crippen LogP contribution in [-0.2, 0) is 32.6 Å². The molecule has 11 heteroatoms. The van der Waals surface area contributed by atoms with Crippen molar-refractivity contribution in [2.45, 2.75) is 69.0 Å². The van der Waals surface area contributed by atoms with Gasteiger partial charge in [0.15, 0.2) is 0 Å². The summed E-state index contributed by atoms with van der Waals surface area (Å²) in [4.78, 5) is 30.2. The van der Waals surface area contributed by atoms with Gasteiger partial charge in [0, 0.05) is 29.1 Å². The number of nitrogens with one attached hydrogen (secondary N) is 1. The molecule has 48 heavy (non-hydrogen) atoms. The van der Waals surface area contributed by atoms with Crippen molar-refractivity contribution in [3.8, 4) is 0 Å². The molecule has 4 aromatic carbocycles. The SMILES string of the molecule is Cc1ccc(S(=O)(=O)N(CC(=O)N(Cc2ccc(Cl)cc2Cl)[C@@H](Cc2ccccc2)C(=O)NC2CCCCC2)c2ccc(F)cc2)cc1. The third-order valence-electron chi connectivity index (χ3n) is 8.58. The van der Waals surface area contributed by atoms with Crippen LogP contribution in [0.1, 0.15) is 48.8 Å². The number of carbonyl (C=O) groups is 2. The smallest absolute Gasteiger partial charge is 0.264 e. The Labute approximate surface area is 291 Å². The van der Waals surface area contributed by atoms with Gasteiger partial charge < -0.3 is 10.2 Å². The maximum atomic E-state index is 14.6. The number of amides is 2. The summed E-state index contributed by atoms with van der Waals surface area (Å²) in [5.74, 6) is -1.53. The molecule has 7 nitrogen and oxygen atoms in total. The number of aryl methyl sites for hydroxylation is 1. The molecular weight excluding hydrogens is 672 g/mol. The van der Waals surface area contributed by atoms with Crippen LogP contribution in [0, 0.1) is 12.7 Å². The molecule has 1 atom stereocenters. The first-order valence-corrected chi connectivity index (χ1v) is 18.1. The summed E-state index contributed by atoms with van der Waals surface area (Å²) in [5.41, 5.74) is 2.31. The zero-order valence-corrected chi connectivity index (χ0v) is 28.9. The highest BCUT2D eigenvalue weighted by Gasteiger charge is 2.35. The normalized spacial score (nSPS) is 14.2. The number of carbonyl (C=O) groups excluding carboxylic acids is 2. The van der Waals surface area contributed by atoms with Crippen molar-refractivity contribution in [1.82, 2.24) is 10.2 Å². The lowest BCUT2D eigenvalue weighted by Crippen LogP contribution is -2.55. The molecule has 4 aromatic rings. The standard InChI is InChI=1S/C37H38Cl2FN3O4S/c1-26-12-20-33(21-13-26)48(46,47)43(32-18-16-30(40)17-19-32)25-36(44)42(24-28-14-15-29(38)23-34(28)39)35(22-27-8-4-2-5-9-27)37(45)41-31-10-6-3-7-11-31/h2,4-5,8-9,12-21,23,31,35H,3,6-7,10-11,22,24-25H2,1H3,(H,41,45)/t35-/m0/s1. The molecule has 0 aliphatic heterocycles. The van der Waals surface area contributed by atoms with E-state index in [4.69, 9.17) is 23.2 Å². The van der Waals surface area contributed by atoms with Crippen LogP contribution >= 0.6 is 23.2 Å². The number of hydrogen-bond donors (Lipinski definition) is 1. The highest BCUT2D eigenvalue weighted by molar-refractivity contribution is 7.92. The Balaban J connectivity index is 1.57. The second-order valence-electron chi connectivity index (χ2n) is 12.1. The van der Waals surface area contributed by atoms with Crippen LogP contribution in [0.25, 0.3) is 0 Å². The predicted molar refractivity (Wildman–Crippen MR) is 188 cm³/mol. The molecule has 0 unspecified atom stereocenters. The van der Waals surface area contributed by atoms with Gasteiger partial charge in [-0.3, -0.25) is 13.9 Å². The van der Waals surface area contributed by atoms with Gasteiger partial charge in [0.25, 0.3) is 10.0 Å². The van der Waals surface area contributed by atoms with Gasteiger partial charge >= 0.3 is 0 Å². The molecule has 1 saturated carbocycles. The Morgan fingerprint density at radius 2 is 1.56 bits per heavy atom. The zero-order valence-electron chi connectivity index (χ0n) is 26.6. The predicted octanol–water partition coefficient (Wildman–Crippen LogP) is 7.73. The summed E-state index contributed by atoms with van der Waals surface area (Å²) in [7, 11) is -4.31. The van der Waals surface area contributed by atoms with E-state index in [2.05, 4.69) is 5.32 Å².